The Kier molecular flexibility index (Phi) is 5.44. The Bertz CT molecular complexity index is 251. The number of amides is 1. The zero-order valence-corrected chi connectivity index (χ0v) is 11.8. The van der Waals surface area contributed by atoms with Crippen LogP contribution in [-0.4, -0.2) is 30.4 Å². The molecule has 3 nitrogen and oxygen atoms in total. The number of carbonyl (C=O) groups is 1. The monoisotopic (exact) mass is 240 g/mol. The molecule has 2 N–H and O–H groups in total. The molecule has 1 saturated heterocycles. The molecule has 0 saturated carbocycles. The number of likely N-dealkylation sites (tertiary alicyclic amines) is 1. The van der Waals surface area contributed by atoms with Crippen molar-refractivity contribution in [1.29, 1.82) is 0 Å². The Hall–Kier alpha value is -0.570. The fraction of sp³-hybridized carbons (Fsp3) is 0.929. The molecule has 0 radical (unpaired) electrons. The summed E-state index contributed by atoms with van der Waals surface area (Å²) in [7, 11) is 0. The van der Waals surface area contributed by atoms with Crippen molar-refractivity contribution >= 4 is 5.91 Å². The summed E-state index contributed by atoms with van der Waals surface area (Å²) in [6.45, 7) is 11.1. The Morgan fingerprint density at radius 2 is 2.00 bits per heavy atom. The molecule has 2 unspecified atom stereocenters. The van der Waals surface area contributed by atoms with Crippen molar-refractivity contribution in [3.8, 4) is 0 Å². The highest BCUT2D eigenvalue weighted by atomic mass is 16.2. The lowest BCUT2D eigenvalue weighted by Crippen LogP contribution is -2.38. The lowest BCUT2D eigenvalue weighted by molar-refractivity contribution is -0.134. The van der Waals surface area contributed by atoms with Crippen LogP contribution >= 0.6 is 0 Å². The Morgan fingerprint density at radius 3 is 2.41 bits per heavy atom. The second kappa shape index (κ2) is 6.39. The predicted octanol–water partition coefficient (Wildman–Crippen LogP) is 2.11. The number of hydrogen-bond donors (Lipinski definition) is 1. The largest absolute Gasteiger partial charge is 0.342 e. The number of nitrogens with zero attached hydrogens (tertiary/aromatic N) is 1. The fourth-order valence-corrected chi connectivity index (χ4v) is 2.66. The summed E-state index contributed by atoms with van der Waals surface area (Å²) in [6, 6.07) is 0. The van der Waals surface area contributed by atoms with Crippen LogP contribution in [-0.2, 0) is 4.79 Å². The van der Waals surface area contributed by atoms with Crippen molar-refractivity contribution < 1.29 is 4.79 Å². The van der Waals surface area contributed by atoms with Crippen LogP contribution in [0.4, 0.5) is 0 Å². The zero-order valence-electron chi connectivity index (χ0n) is 11.8. The van der Waals surface area contributed by atoms with Crippen molar-refractivity contribution in [2.75, 3.05) is 19.6 Å². The molecule has 0 aliphatic carbocycles. The minimum Gasteiger partial charge on any atom is -0.342 e. The number of rotatable bonds is 5. The van der Waals surface area contributed by atoms with Crippen molar-refractivity contribution in [3.63, 3.8) is 0 Å². The highest BCUT2D eigenvalue weighted by molar-refractivity contribution is 5.79. The van der Waals surface area contributed by atoms with Crippen LogP contribution in [0.3, 0.4) is 0 Å². The SMILES string of the molecule is CC(C)CC(CN)C(=O)N1CCC(C(C)C)C1. The molecule has 1 aliphatic rings. The molecular formula is C14H28N2O. The van der Waals surface area contributed by atoms with Crippen molar-refractivity contribution in [2.45, 2.75) is 40.5 Å². The van der Waals surface area contributed by atoms with Crippen LogP contribution < -0.4 is 5.73 Å². The Morgan fingerprint density at radius 1 is 1.35 bits per heavy atom. The highest BCUT2D eigenvalue weighted by Gasteiger charge is 2.31. The standard InChI is InChI=1S/C14H28N2O/c1-10(2)7-13(8-15)14(17)16-6-5-12(9-16)11(3)4/h10-13H,5-9,15H2,1-4H3. The molecule has 1 fully saturated rings. The molecule has 2 atom stereocenters. The second-order valence-corrected chi connectivity index (χ2v) is 6.14. The van der Waals surface area contributed by atoms with Gasteiger partial charge in [-0.2, -0.15) is 0 Å². The normalized spacial score (nSPS) is 22.5. The van der Waals surface area contributed by atoms with Gasteiger partial charge >= 0.3 is 0 Å². The molecule has 1 aliphatic heterocycles. The van der Waals surface area contributed by atoms with E-state index >= 15 is 0 Å². The first-order valence-electron chi connectivity index (χ1n) is 6.94. The molecule has 17 heavy (non-hydrogen) atoms. The van der Waals surface area contributed by atoms with Gasteiger partial charge in [0.25, 0.3) is 0 Å². The van der Waals surface area contributed by atoms with E-state index < -0.39 is 0 Å². The molecule has 1 amide bonds. The molecule has 0 aromatic heterocycles. The van der Waals surface area contributed by atoms with Gasteiger partial charge < -0.3 is 10.6 Å². The van der Waals surface area contributed by atoms with Gasteiger partial charge in [-0.05, 0) is 30.6 Å². The average molecular weight is 240 g/mol. The van der Waals surface area contributed by atoms with E-state index in [1.807, 2.05) is 4.90 Å². The summed E-state index contributed by atoms with van der Waals surface area (Å²) in [6.07, 6.45) is 2.07. The molecule has 0 bridgehead atoms. The quantitative estimate of drug-likeness (QED) is 0.800. The van der Waals surface area contributed by atoms with Crippen LogP contribution in [0.5, 0.6) is 0 Å². The average Bonchev–Trinajstić information content (AvgIpc) is 2.73. The third kappa shape index (κ3) is 3.98. The molecule has 100 valence electrons. The third-order valence-corrected chi connectivity index (χ3v) is 3.87. The van der Waals surface area contributed by atoms with Crippen LogP contribution in [0.15, 0.2) is 0 Å². The predicted molar refractivity (Wildman–Crippen MR) is 71.5 cm³/mol. The van der Waals surface area contributed by atoms with Gasteiger partial charge in [0, 0.05) is 19.6 Å². The summed E-state index contributed by atoms with van der Waals surface area (Å²) >= 11 is 0. The van der Waals surface area contributed by atoms with E-state index in [2.05, 4.69) is 27.7 Å². The van der Waals surface area contributed by atoms with Crippen LogP contribution in [0, 0.1) is 23.7 Å². The van der Waals surface area contributed by atoms with Gasteiger partial charge in [-0.15, -0.1) is 0 Å². The second-order valence-electron chi connectivity index (χ2n) is 6.14. The number of carbonyl (C=O) groups excluding carboxylic acids is 1. The van der Waals surface area contributed by atoms with Crippen LogP contribution in [0.25, 0.3) is 0 Å². The van der Waals surface area contributed by atoms with E-state index in [0.29, 0.717) is 24.3 Å². The molecule has 1 rings (SSSR count). The van der Waals surface area contributed by atoms with E-state index in [1.165, 1.54) is 0 Å². The first kappa shape index (κ1) is 14.5. The molecule has 0 aromatic rings. The number of hydrogen-bond acceptors (Lipinski definition) is 2. The smallest absolute Gasteiger partial charge is 0.226 e. The van der Waals surface area contributed by atoms with Gasteiger partial charge in [-0.25, -0.2) is 0 Å². The minimum absolute atomic E-state index is 0.0286. The molecule has 0 spiro atoms. The van der Waals surface area contributed by atoms with Crippen molar-refractivity contribution in [2.24, 2.45) is 29.4 Å². The first-order chi connectivity index (χ1) is 7.95. The summed E-state index contributed by atoms with van der Waals surface area (Å²) in [5.41, 5.74) is 5.74. The van der Waals surface area contributed by atoms with Gasteiger partial charge in [-0.1, -0.05) is 27.7 Å². The van der Waals surface area contributed by atoms with Gasteiger partial charge in [0.15, 0.2) is 0 Å². The topological polar surface area (TPSA) is 46.3 Å². The zero-order chi connectivity index (χ0) is 13.0. The highest BCUT2D eigenvalue weighted by Crippen LogP contribution is 2.25. The minimum atomic E-state index is 0.0286. The van der Waals surface area contributed by atoms with Crippen molar-refractivity contribution in [1.82, 2.24) is 4.90 Å². The maximum absolute atomic E-state index is 12.3. The van der Waals surface area contributed by atoms with Crippen molar-refractivity contribution in [3.05, 3.63) is 0 Å². The Labute approximate surface area is 106 Å². The van der Waals surface area contributed by atoms with E-state index in [-0.39, 0.29) is 11.8 Å². The first-order valence-corrected chi connectivity index (χ1v) is 6.94. The van der Waals surface area contributed by atoms with E-state index in [1.54, 1.807) is 0 Å². The lowest BCUT2D eigenvalue weighted by Gasteiger charge is -2.24. The summed E-state index contributed by atoms with van der Waals surface area (Å²) in [5.74, 6) is 2.20. The molecule has 3 heteroatoms. The lowest BCUT2D eigenvalue weighted by atomic mass is 9.95. The van der Waals surface area contributed by atoms with E-state index in [0.717, 1.165) is 25.9 Å². The van der Waals surface area contributed by atoms with Gasteiger partial charge in [-0.3, -0.25) is 4.79 Å². The summed E-state index contributed by atoms with van der Waals surface area (Å²) in [5, 5.41) is 0. The summed E-state index contributed by atoms with van der Waals surface area (Å²) < 4.78 is 0. The maximum Gasteiger partial charge on any atom is 0.226 e. The summed E-state index contributed by atoms with van der Waals surface area (Å²) in [4.78, 5) is 14.4. The van der Waals surface area contributed by atoms with Gasteiger partial charge in [0.2, 0.25) is 5.91 Å². The van der Waals surface area contributed by atoms with Gasteiger partial charge in [0.1, 0.15) is 0 Å². The third-order valence-electron chi connectivity index (χ3n) is 3.87. The van der Waals surface area contributed by atoms with Crippen LogP contribution in [0.2, 0.25) is 0 Å². The van der Waals surface area contributed by atoms with Crippen LogP contribution in [0.1, 0.15) is 40.5 Å². The molecular weight excluding hydrogens is 212 g/mol. The number of nitrogens with two attached hydrogens (primary N) is 1. The molecule has 0 aromatic carbocycles. The van der Waals surface area contributed by atoms with E-state index in [4.69, 9.17) is 5.73 Å². The Balaban J connectivity index is 2.52. The molecule has 1 heterocycles. The van der Waals surface area contributed by atoms with E-state index in [9.17, 15) is 4.79 Å². The fourth-order valence-electron chi connectivity index (χ4n) is 2.66. The maximum atomic E-state index is 12.3. The van der Waals surface area contributed by atoms with Gasteiger partial charge in [0.05, 0.1) is 5.92 Å².